The Balaban J connectivity index is 1.39. The number of nitrogens with zero attached hydrogens (tertiary/aromatic N) is 2. The van der Waals surface area contributed by atoms with E-state index in [1.807, 2.05) is 4.90 Å². The van der Waals surface area contributed by atoms with Crippen LogP contribution in [0.4, 0.5) is 5.69 Å². The Morgan fingerprint density at radius 3 is 2.37 bits per heavy atom. The Morgan fingerprint density at radius 1 is 0.933 bits per heavy atom. The molecule has 1 aromatic rings. The molecular weight excluding hydrogens is 402 g/mol. The Kier molecular flexibility index (Phi) is 6.43. The fourth-order valence-electron chi connectivity index (χ4n) is 4.79. The number of benzene rings is 1. The lowest BCUT2D eigenvalue weighted by atomic mass is 9.96. The summed E-state index contributed by atoms with van der Waals surface area (Å²) < 4.78 is 28.4. The van der Waals surface area contributed by atoms with Crippen molar-refractivity contribution in [3.63, 3.8) is 0 Å². The Labute approximate surface area is 178 Å². The van der Waals surface area contributed by atoms with E-state index >= 15 is 0 Å². The molecule has 1 aliphatic carbocycles. The first kappa shape index (κ1) is 21.3. The van der Waals surface area contributed by atoms with Gasteiger partial charge in [-0.25, -0.2) is 13.1 Å². The van der Waals surface area contributed by atoms with Gasteiger partial charge in [0.25, 0.3) is 0 Å². The second-order valence-corrected chi connectivity index (χ2v) is 10.3. The molecule has 1 saturated heterocycles. The molecule has 4 rings (SSSR count). The van der Waals surface area contributed by atoms with Crippen LogP contribution in [0.25, 0.3) is 0 Å². The third-order valence-electron chi connectivity index (χ3n) is 6.50. The molecule has 0 aromatic heterocycles. The highest BCUT2D eigenvalue weighted by molar-refractivity contribution is 7.89. The van der Waals surface area contributed by atoms with Crippen molar-refractivity contribution in [2.45, 2.75) is 75.1 Å². The number of carbonyl (C=O) groups excluding carboxylic acids is 2. The summed E-state index contributed by atoms with van der Waals surface area (Å²) in [7, 11) is -3.55. The van der Waals surface area contributed by atoms with Gasteiger partial charge in [-0.05, 0) is 55.9 Å². The predicted molar refractivity (Wildman–Crippen MR) is 115 cm³/mol. The van der Waals surface area contributed by atoms with Gasteiger partial charge in [-0.15, -0.1) is 0 Å². The number of hydrogen-bond donors (Lipinski definition) is 1. The molecule has 0 radical (unpaired) electrons. The number of anilines is 1. The van der Waals surface area contributed by atoms with E-state index in [0.29, 0.717) is 13.0 Å². The third kappa shape index (κ3) is 4.70. The van der Waals surface area contributed by atoms with Gasteiger partial charge in [-0.1, -0.05) is 19.3 Å². The number of amides is 2. The normalized spacial score (nSPS) is 19.9. The van der Waals surface area contributed by atoms with Crippen LogP contribution in [-0.4, -0.2) is 50.8 Å². The molecule has 2 heterocycles. The quantitative estimate of drug-likeness (QED) is 0.747. The number of sulfonamides is 1. The second-order valence-electron chi connectivity index (χ2n) is 8.63. The summed E-state index contributed by atoms with van der Waals surface area (Å²) in [4.78, 5) is 28.7. The van der Waals surface area contributed by atoms with Gasteiger partial charge in [-0.3, -0.25) is 9.59 Å². The van der Waals surface area contributed by atoms with Crippen LogP contribution in [0.15, 0.2) is 23.1 Å². The number of hydrogen-bond acceptors (Lipinski definition) is 4. The lowest BCUT2D eigenvalue weighted by Crippen LogP contribution is -2.36. The minimum Gasteiger partial charge on any atom is -0.343 e. The predicted octanol–water partition coefficient (Wildman–Crippen LogP) is 2.59. The van der Waals surface area contributed by atoms with Gasteiger partial charge in [0.1, 0.15) is 0 Å². The summed E-state index contributed by atoms with van der Waals surface area (Å²) in [6.45, 7) is 2.13. The molecule has 7 nitrogen and oxygen atoms in total. The minimum atomic E-state index is -3.55. The maximum absolute atomic E-state index is 12.8. The highest BCUT2D eigenvalue weighted by Crippen LogP contribution is 2.31. The topological polar surface area (TPSA) is 86.8 Å². The molecule has 0 bridgehead atoms. The van der Waals surface area contributed by atoms with Crippen LogP contribution in [0.3, 0.4) is 0 Å². The molecule has 1 N–H and O–H groups in total. The molecule has 0 spiro atoms. The van der Waals surface area contributed by atoms with Crippen LogP contribution < -0.4 is 9.62 Å². The largest absolute Gasteiger partial charge is 0.343 e. The number of fused-ring (bicyclic) bond motifs is 1. The molecule has 1 aromatic carbocycles. The summed E-state index contributed by atoms with van der Waals surface area (Å²) in [5, 5.41) is 0. The van der Waals surface area contributed by atoms with Gasteiger partial charge in [0.05, 0.1) is 4.90 Å². The van der Waals surface area contributed by atoms with E-state index in [1.54, 1.807) is 23.1 Å². The lowest BCUT2D eigenvalue weighted by molar-refractivity contribution is -0.132. The lowest BCUT2D eigenvalue weighted by Gasteiger charge is -2.23. The van der Waals surface area contributed by atoms with Gasteiger partial charge >= 0.3 is 0 Å². The summed E-state index contributed by atoms with van der Waals surface area (Å²) in [6.07, 6.45) is 8.23. The Bertz CT molecular complexity index is 903. The van der Waals surface area contributed by atoms with Gasteiger partial charge in [0.15, 0.2) is 0 Å². The number of rotatable bonds is 6. The second kappa shape index (κ2) is 9.06. The van der Waals surface area contributed by atoms with Crippen molar-refractivity contribution in [1.29, 1.82) is 0 Å². The van der Waals surface area contributed by atoms with Crippen LogP contribution in [0.2, 0.25) is 0 Å². The maximum Gasteiger partial charge on any atom is 0.240 e. The van der Waals surface area contributed by atoms with E-state index in [-0.39, 0.29) is 35.6 Å². The number of carbonyl (C=O) groups is 2. The zero-order chi connectivity index (χ0) is 21.1. The molecule has 3 aliphatic rings. The van der Waals surface area contributed by atoms with Crippen LogP contribution in [0, 0.1) is 0 Å². The van der Waals surface area contributed by atoms with Gasteiger partial charge < -0.3 is 9.80 Å². The monoisotopic (exact) mass is 433 g/mol. The fourth-order valence-corrected chi connectivity index (χ4v) is 6.14. The molecule has 164 valence electrons. The molecule has 1 saturated carbocycles. The first-order valence-electron chi connectivity index (χ1n) is 11.2. The molecule has 8 heteroatoms. The zero-order valence-corrected chi connectivity index (χ0v) is 18.3. The van der Waals surface area contributed by atoms with E-state index < -0.39 is 10.0 Å². The van der Waals surface area contributed by atoms with E-state index in [2.05, 4.69) is 4.72 Å². The molecule has 0 atom stereocenters. The average molecular weight is 434 g/mol. The van der Waals surface area contributed by atoms with Crippen molar-refractivity contribution in [1.82, 2.24) is 9.62 Å². The Morgan fingerprint density at radius 2 is 1.63 bits per heavy atom. The summed E-state index contributed by atoms with van der Waals surface area (Å²) >= 11 is 0. The van der Waals surface area contributed by atoms with Crippen LogP contribution in [-0.2, 0) is 26.0 Å². The zero-order valence-electron chi connectivity index (χ0n) is 17.4. The standard InChI is InChI=1S/C22H31N3O4S/c26-21(24-13-4-5-14-24)10-11-22(27)25-15-12-17-16-19(8-9-20(17)25)30(28,29)23-18-6-2-1-3-7-18/h8-9,16,18,23H,1-7,10-15H2. The van der Waals surface area contributed by atoms with Crippen molar-refractivity contribution in [2.75, 3.05) is 24.5 Å². The van der Waals surface area contributed by atoms with Crippen molar-refractivity contribution in [3.8, 4) is 0 Å². The van der Waals surface area contributed by atoms with E-state index in [9.17, 15) is 18.0 Å². The van der Waals surface area contributed by atoms with Crippen LogP contribution in [0.1, 0.15) is 63.4 Å². The van der Waals surface area contributed by atoms with Gasteiger partial charge in [-0.2, -0.15) is 0 Å². The first-order valence-corrected chi connectivity index (χ1v) is 12.7. The van der Waals surface area contributed by atoms with Crippen molar-refractivity contribution < 1.29 is 18.0 Å². The van der Waals surface area contributed by atoms with Crippen molar-refractivity contribution in [3.05, 3.63) is 23.8 Å². The van der Waals surface area contributed by atoms with E-state index in [4.69, 9.17) is 0 Å². The van der Waals surface area contributed by atoms with E-state index in [1.165, 1.54) is 6.42 Å². The molecular formula is C22H31N3O4S. The van der Waals surface area contributed by atoms with Crippen LogP contribution in [0.5, 0.6) is 0 Å². The summed E-state index contributed by atoms with van der Waals surface area (Å²) in [5.41, 5.74) is 1.64. The molecule has 0 unspecified atom stereocenters. The van der Waals surface area contributed by atoms with Crippen LogP contribution >= 0.6 is 0 Å². The van der Waals surface area contributed by atoms with Crippen molar-refractivity contribution >= 4 is 27.5 Å². The molecule has 2 amide bonds. The third-order valence-corrected chi connectivity index (χ3v) is 8.01. The Hall–Kier alpha value is -1.93. The van der Waals surface area contributed by atoms with Gasteiger partial charge in [0, 0.05) is 44.2 Å². The van der Waals surface area contributed by atoms with E-state index in [0.717, 1.165) is 62.9 Å². The SMILES string of the molecule is O=C(CCC(=O)N1CCc2cc(S(=O)(=O)NC3CCCCC3)ccc21)N1CCCC1. The summed E-state index contributed by atoms with van der Waals surface area (Å²) in [5.74, 6) is -0.0206. The average Bonchev–Trinajstić information content (AvgIpc) is 3.42. The maximum atomic E-state index is 12.8. The van der Waals surface area contributed by atoms with Gasteiger partial charge in [0.2, 0.25) is 21.8 Å². The highest BCUT2D eigenvalue weighted by Gasteiger charge is 2.28. The minimum absolute atomic E-state index is 0.0169. The molecule has 30 heavy (non-hydrogen) atoms. The number of likely N-dealkylation sites (tertiary alicyclic amines) is 1. The molecule has 2 fully saturated rings. The fraction of sp³-hybridized carbons (Fsp3) is 0.636. The summed E-state index contributed by atoms with van der Waals surface area (Å²) in [6, 6.07) is 5.04. The highest BCUT2D eigenvalue weighted by atomic mass is 32.2. The molecule has 2 aliphatic heterocycles. The first-order chi connectivity index (χ1) is 14.4. The van der Waals surface area contributed by atoms with Crippen molar-refractivity contribution in [2.24, 2.45) is 0 Å². The smallest absolute Gasteiger partial charge is 0.240 e. The number of nitrogens with one attached hydrogen (secondary N) is 1.